The zero-order chi connectivity index (χ0) is 18.7. The molecule has 1 aromatic heterocycles. The van der Waals surface area contributed by atoms with Crippen LogP contribution in [0.4, 0.5) is 5.00 Å². The number of anilines is 1. The molecule has 1 N–H and O–H groups in total. The molecule has 2 aliphatic carbocycles. The Balaban J connectivity index is 1.64. The zero-order valence-corrected chi connectivity index (χ0v) is 17.3. The number of nitriles is 1. The van der Waals surface area contributed by atoms with Crippen molar-refractivity contribution in [3.63, 3.8) is 0 Å². The summed E-state index contributed by atoms with van der Waals surface area (Å²) in [7, 11) is 0. The van der Waals surface area contributed by atoms with Crippen molar-refractivity contribution in [2.45, 2.75) is 85.0 Å². The Morgan fingerprint density at radius 1 is 1.23 bits per heavy atom. The van der Waals surface area contributed by atoms with Crippen molar-refractivity contribution in [3.05, 3.63) is 16.0 Å². The van der Waals surface area contributed by atoms with E-state index in [0.717, 1.165) is 36.2 Å². The summed E-state index contributed by atoms with van der Waals surface area (Å²) in [6.07, 6.45) is 11.3. The van der Waals surface area contributed by atoms with E-state index in [4.69, 9.17) is 0 Å². The standard InChI is InChI=1S/C22H32N2OS/c1-22(2,3)16-10-11-17-18(14-23)21(26-19(17)13-16)24-20(25)12-9-15-7-5-4-6-8-15/h15-16H,4-13H2,1-3H3,(H,24,25)/t16-/m1/s1. The average molecular weight is 373 g/mol. The fourth-order valence-corrected chi connectivity index (χ4v) is 5.83. The largest absolute Gasteiger partial charge is 0.317 e. The van der Waals surface area contributed by atoms with Crippen molar-refractivity contribution in [2.24, 2.45) is 17.3 Å². The number of hydrogen-bond acceptors (Lipinski definition) is 3. The summed E-state index contributed by atoms with van der Waals surface area (Å²) in [5, 5.41) is 13.5. The Morgan fingerprint density at radius 3 is 2.62 bits per heavy atom. The van der Waals surface area contributed by atoms with Gasteiger partial charge in [0.2, 0.25) is 5.91 Å². The maximum absolute atomic E-state index is 12.4. The molecule has 0 unspecified atom stereocenters. The van der Waals surface area contributed by atoms with Gasteiger partial charge >= 0.3 is 0 Å². The Hall–Kier alpha value is -1.34. The van der Waals surface area contributed by atoms with Crippen molar-refractivity contribution in [1.29, 1.82) is 5.26 Å². The van der Waals surface area contributed by atoms with Gasteiger partial charge in [0.1, 0.15) is 11.1 Å². The quantitative estimate of drug-likeness (QED) is 0.697. The van der Waals surface area contributed by atoms with Crippen LogP contribution in [0, 0.1) is 28.6 Å². The highest BCUT2D eigenvalue weighted by Crippen LogP contribution is 2.44. The smallest absolute Gasteiger partial charge is 0.225 e. The van der Waals surface area contributed by atoms with E-state index in [0.29, 0.717) is 18.3 Å². The molecule has 0 aromatic carbocycles. The van der Waals surface area contributed by atoms with E-state index in [9.17, 15) is 10.1 Å². The van der Waals surface area contributed by atoms with E-state index in [2.05, 4.69) is 32.2 Å². The van der Waals surface area contributed by atoms with Gasteiger partial charge in [0, 0.05) is 11.3 Å². The molecule has 1 fully saturated rings. The lowest BCUT2D eigenvalue weighted by atomic mass is 9.72. The normalized spacial score (nSPS) is 21.1. The number of thiophene rings is 1. The molecule has 0 saturated heterocycles. The van der Waals surface area contributed by atoms with Gasteiger partial charge in [-0.2, -0.15) is 5.26 Å². The third-order valence-electron chi connectivity index (χ3n) is 6.36. The molecule has 2 aliphatic rings. The maximum Gasteiger partial charge on any atom is 0.225 e. The van der Waals surface area contributed by atoms with Gasteiger partial charge < -0.3 is 5.32 Å². The van der Waals surface area contributed by atoms with Crippen LogP contribution in [0.2, 0.25) is 0 Å². The molecule has 0 aliphatic heterocycles. The first-order valence-corrected chi connectivity index (χ1v) is 11.0. The molecule has 1 atom stereocenters. The third kappa shape index (κ3) is 4.49. The Kier molecular flexibility index (Phi) is 6.07. The van der Waals surface area contributed by atoms with Crippen LogP contribution in [0.25, 0.3) is 0 Å². The summed E-state index contributed by atoms with van der Waals surface area (Å²) in [5.41, 5.74) is 2.21. The van der Waals surface area contributed by atoms with Gasteiger partial charge in [0.15, 0.2) is 0 Å². The van der Waals surface area contributed by atoms with Crippen molar-refractivity contribution in [2.75, 3.05) is 5.32 Å². The first-order chi connectivity index (χ1) is 12.4. The summed E-state index contributed by atoms with van der Waals surface area (Å²) in [5.74, 6) is 1.45. The van der Waals surface area contributed by atoms with Gasteiger partial charge in [-0.15, -0.1) is 11.3 Å². The van der Waals surface area contributed by atoms with Crippen molar-refractivity contribution in [3.8, 4) is 6.07 Å². The molecule has 142 valence electrons. The van der Waals surface area contributed by atoms with Crippen LogP contribution in [-0.2, 0) is 17.6 Å². The minimum atomic E-state index is 0.0815. The number of carbonyl (C=O) groups is 1. The van der Waals surface area contributed by atoms with Gasteiger partial charge in [-0.25, -0.2) is 0 Å². The summed E-state index contributed by atoms with van der Waals surface area (Å²) in [6, 6.07) is 2.36. The highest BCUT2D eigenvalue weighted by molar-refractivity contribution is 7.16. The molecule has 3 rings (SSSR count). The second-order valence-corrected chi connectivity index (χ2v) is 10.3. The molecule has 26 heavy (non-hydrogen) atoms. The zero-order valence-electron chi connectivity index (χ0n) is 16.5. The predicted octanol–water partition coefficient (Wildman–Crippen LogP) is 6.07. The van der Waals surface area contributed by atoms with Crippen LogP contribution in [0.15, 0.2) is 0 Å². The maximum atomic E-state index is 12.4. The van der Waals surface area contributed by atoms with E-state index in [-0.39, 0.29) is 11.3 Å². The highest BCUT2D eigenvalue weighted by atomic mass is 32.1. The van der Waals surface area contributed by atoms with Crippen molar-refractivity contribution < 1.29 is 4.79 Å². The Bertz CT molecular complexity index is 686. The number of nitrogens with one attached hydrogen (secondary N) is 1. The molecule has 1 heterocycles. The Labute approximate surface area is 162 Å². The number of amides is 1. The van der Waals surface area contributed by atoms with Gasteiger partial charge in [0.05, 0.1) is 5.56 Å². The second kappa shape index (κ2) is 8.13. The molecule has 4 heteroatoms. The number of hydrogen-bond donors (Lipinski definition) is 1. The SMILES string of the molecule is CC(C)(C)[C@@H]1CCc2c(sc(NC(=O)CCC3CCCCC3)c2C#N)C1. The average Bonchev–Trinajstić information content (AvgIpc) is 2.96. The second-order valence-electron chi connectivity index (χ2n) is 9.22. The molecule has 0 bridgehead atoms. The molecular formula is C22H32N2OS. The molecule has 1 saturated carbocycles. The summed E-state index contributed by atoms with van der Waals surface area (Å²) >= 11 is 1.64. The lowest BCUT2D eigenvalue weighted by Gasteiger charge is -2.33. The first kappa shape index (κ1) is 19.4. The molecular weight excluding hydrogens is 340 g/mol. The van der Waals surface area contributed by atoms with Crippen LogP contribution in [0.1, 0.15) is 88.1 Å². The minimum Gasteiger partial charge on any atom is -0.317 e. The lowest BCUT2D eigenvalue weighted by molar-refractivity contribution is -0.116. The number of carbonyl (C=O) groups excluding carboxylic acids is 1. The van der Waals surface area contributed by atoms with Crippen LogP contribution in [0.5, 0.6) is 0 Å². The fraction of sp³-hybridized carbons (Fsp3) is 0.727. The third-order valence-corrected chi connectivity index (χ3v) is 7.53. The minimum absolute atomic E-state index is 0.0815. The van der Waals surface area contributed by atoms with Crippen molar-refractivity contribution >= 4 is 22.2 Å². The van der Waals surface area contributed by atoms with E-state index in [1.54, 1.807) is 11.3 Å². The fourth-order valence-electron chi connectivity index (χ4n) is 4.53. The lowest BCUT2D eigenvalue weighted by Crippen LogP contribution is -2.26. The highest BCUT2D eigenvalue weighted by Gasteiger charge is 2.32. The van der Waals surface area contributed by atoms with E-state index in [1.807, 2.05) is 0 Å². The summed E-state index contributed by atoms with van der Waals surface area (Å²) in [4.78, 5) is 13.8. The van der Waals surface area contributed by atoms with Gasteiger partial charge in [0.25, 0.3) is 0 Å². The van der Waals surface area contributed by atoms with Crippen LogP contribution >= 0.6 is 11.3 Å². The monoisotopic (exact) mass is 372 g/mol. The number of fused-ring (bicyclic) bond motifs is 1. The van der Waals surface area contributed by atoms with E-state index in [1.165, 1.54) is 42.5 Å². The number of rotatable bonds is 4. The topological polar surface area (TPSA) is 52.9 Å². The first-order valence-electron chi connectivity index (χ1n) is 10.2. The van der Waals surface area contributed by atoms with Gasteiger partial charge in [-0.3, -0.25) is 4.79 Å². The van der Waals surface area contributed by atoms with Gasteiger partial charge in [-0.05, 0) is 48.5 Å². The summed E-state index contributed by atoms with van der Waals surface area (Å²) < 4.78 is 0. The van der Waals surface area contributed by atoms with E-state index >= 15 is 0 Å². The molecule has 0 radical (unpaired) electrons. The Morgan fingerprint density at radius 2 is 1.96 bits per heavy atom. The van der Waals surface area contributed by atoms with Crippen molar-refractivity contribution in [1.82, 2.24) is 0 Å². The molecule has 3 nitrogen and oxygen atoms in total. The van der Waals surface area contributed by atoms with Crippen LogP contribution < -0.4 is 5.32 Å². The van der Waals surface area contributed by atoms with Gasteiger partial charge in [-0.1, -0.05) is 52.9 Å². The van der Waals surface area contributed by atoms with Crippen LogP contribution in [0.3, 0.4) is 0 Å². The molecule has 0 spiro atoms. The summed E-state index contributed by atoms with van der Waals surface area (Å²) in [6.45, 7) is 6.90. The number of nitrogens with zero attached hydrogens (tertiary/aromatic N) is 1. The molecule has 1 amide bonds. The predicted molar refractivity (Wildman–Crippen MR) is 108 cm³/mol. The van der Waals surface area contributed by atoms with E-state index < -0.39 is 0 Å². The molecule has 1 aromatic rings. The van der Waals surface area contributed by atoms with Crippen LogP contribution in [-0.4, -0.2) is 5.91 Å².